The highest BCUT2D eigenvalue weighted by molar-refractivity contribution is 5.86. The molecule has 0 fully saturated rings. The molecule has 1 rings (SSSR count). The van der Waals surface area contributed by atoms with Crippen molar-refractivity contribution in [2.24, 2.45) is 0 Å². The molecule has 1 aromatic rings. The number of rotatable bonds is 3. The highest BCUT2D eigenvalue weighted by Crippen LogP contribution is 2.30. The maximum atomic E-state index is 12.1. The topological polar surface area (TPSA) is 42.2 Å². The minimum Gasteiger partial charge on any atom is -0.455 e. The first-order chi connectivity index (χ1) is 6.93. The van der Waals surface area contributed by atoms with Crippen LogP contribution in [0.2, 0.25) is 0 Å². The van der Waals surface area contributed by atoms with Crippen molar-refractivity contribution >= 4 is 5.91 Å². The Balaban J connectivity index is 2.61. The van der Waals surface area contributed by atoms with Crippen molar-refractivity contribution < 1.29 is 22.4 Å². The summed E-state index contributed by atoms with van der Waals surface area (Å²) in [5.41, 5.74) is 0. The van der Waals surface area contributed by atoms with Crippen LogP contribution in [-0.4, -0.2) is 5.91 Å². The van der Waals surface area contributed by atoms with E-state index in [4.69, 9.17) is 0 Å². The zero-order chi connectivity index (χ0) is 11.5. The summed E-state index contributed by atoms with van der Waals surface area (Å²) in [6.45, 7) is 3.10. The number of halogens is 3. The molecule has 0 spiro atoms. The predicted molar refractivity (Wildman–Crippen MR) is 45.8 cm³/mol. The Kier molecular flexibility index (Phi) is 3.18. The van der Waals surface area contributed by atoms with E-state index in [0.29, 0.717) is 0 Å². The standard InChI is InChI=1S/C9H8F3NO2/c1-2-8(14)13-5-6-3-4-7(15-6)9(10,11)12/h2-4H,1,5H2,(H,13,14). The summed E-state index contributed by atoms with van der Waals surface area (Å²) in [7, 11) is 0. The van der Waals surface area contributed by atoms with Crippen LogP contribution in [0, 0.1) is 0 Å². The van der Waals surface area contributed by atoms with Crippen LogP contribution in [0.1, 0.15) is 11.5 Å². The fraction of sp³-hybridized carbons (Fsp3) is 0.222. The van der Waals surface area contributed by atoms with E-state index >= 15 is 0 Å². The molecule has 0 aliphatic carbocycles. The number of hydrogen-bond donors (Lipinski definition) is 1. The number of hydrogen-bond acceptors (Lipinski definition) is 2. The fourth-order valence-corrected chi connectivity index (χ4v) is 0.872. The third-order valence-electron chi connectivity index (χ3n) is 1.56. The van der Waals surface area contributed by atoms with E-state index in [-0.39, 0.29) is 12.3 Å². The van der Waals surface area contributed by atoms with Gasteiger partial charge in [-0.15, -0.1) is 0 Å². The van der Waals surface area contributed by atoms with E-state index in [9.17, 15) is 18.0 Å². The van der Waals surface area contributed by atoms with Gasteiger partial charge in [-0.1, -0.05) is 6.58 Å². The van der Waals surface area contributed by atoms with E-state index in [1.54, 1.807) is 0 Å². The number of carbonyl (C=O) groups excluding carboxylic acids is 1. The van der Waals surface area contributed by atoms with Crippen molar-refractivity contribution in [3.05, 3.63) is 36.3 Å². The Morgan fingerprint density at radius 3 is 2.67 bits per heavy atom. The molecule has 0 radical (unpaired) electrons. The molecule has 1 aromatic heterocycles. The molecule has 0 saturated heterocycles. The molecule has 0 bridgehead atoms. The molecule has 3 nitrogen and oxygen atoms in total. The number of alkyl halides is 3. The molecule has 0 aliphatic heterocycles. The summed E-state index contributed by atoms with van der Waals surface area (Å²) in [5, 5.41) is 2.30. The molecule has 15 heavy (non-hydrogen) atoms. The molecule has 0 aliphatic rings. The third-order valence-corrected chi connectivity index (χ3v) is 1.56. The van der Waals surface area contributed by atoms with Gasteiger partial charge in [0, 0.05) is 0 Å². The Bertz CT molecular complexity index is 368. The van der Waals surface area contributed by atoms with Gasteiger partial charge in [0.25, 0.3) is 0 Å². The lowest BCUT2D eigenvalue weighted by Gasteiger charge is -2.01. The Hall–Kier alpha value is -1.72. The maximum absolute atomic E-state index is 12.1. The molecule has 0 saturated carbocycles. The highest BCUT2D eigenvalue weighted by atomic mass is 19.4. The van der Waals surface area contributed by atoms with Gasteiger partial charge in [0.05, 0.1) is 6.54 Å². The average molecular weight is 219 g/mol. The minimum atomic E-state index is -4.50. The second-order valence-corrected chi connectivity index (χ2v) is 2.69. The zero-order valence-electron chi connectivity index (χ0n) is 7.60. The van der Waals surface area contributed by atoms with Gasteiger partial charge in [-0.2, -0.15) is 13.2 Å². The molecule has 0 atom stereocenters. The number of amides is 1. The van der Waals surface area contributed by atoms with Crippen LogP contribution in [0.25, 0.3) is 0 Å². The smallest absolute Gasteiger partial charge is 0.449 e. The first-order valence-corrected chi connectivity index (χ1v) is 3.99. The third kappa shape index (κ3) is 3.16. The fourth-order valence-electron chi connectivity index (χ4n) is 0.872. The van der Waals surface area contributed by atoms with Gasteiger partial charge in [-0.05, 0) is 18.2 Å². The zero-order valence-corrected chi connectivity index (χ0v) is 7.60. The average Bonchev–Trinajstić information content (AvgIpc) is 2.61. The summed E-state index contributed by atoms with van der Waals surface area (Å²) in [6, 6.07) is 1.97. The van der Waals surface area contributed by atoms with E-state index in [1.165, 1.54) is 0 Å². The van der Waals surface area contributed by atoms with E-state index in [1.807, 2.05) is 0 Å². The molecule has 1 amide bonds. The van der Waals surface area contributed by atoms with Crippen molar-refractivity contribution in [2.75, 3.05) is 0 Å². The van der Waals surface area contributed by atoms with Crippen molar-refractivity contribution in [3.8, 4) is 0 Å². The number of furan rings is 1. The van der Waals surface area contributed by atoms with Gasteiger partial charge in [0.1, 0.15) is 5.76 Å². The largest absolute Gasteiger partial charge is 0.455 e. The highest BCUT2D eigenvalue weighted by Gasteiger charge is 2.34. The van der Waals surface area contributed by atoms with Crippen molar-refractivity contribution in [3.63, 3.8) is 0 Å². The summed E-state index contributed by atoms with van der Waals surface area (Å²) < 4.78 is 40.7. The van der Waals surface area contributed by atoms with Crippen LogP contribution in [0.4, 0.5) is 13.2 Å². The molecule has 1 N–H and O–H groups in total. The summed E-state index contributed by atoms with van der Waals surface area (Å²) in [6.07, 6.45) is -3.48. The quantitative estimate of drug-likeness (QED) is 0.791. The Morgan fingerprint density at radius 1 is 1.53 bits per heavy atom. The Morgan fingerprint density at radius 2 is 2.20 bits per heavy atom. The van der Waals surface area contributed by atoms with E-state index < -0.39 is 17.8 Å². The van der Waals surface area contributed by atoms with Crippen LogP contribution in [-0.2, 0) is 17.5 Å². The van der Waals surface area contributed by atoms with Crippen LogP contribution >= 0.6 is 0 Å². The van der Waals surface area contributed by atoms with Crippen LogP contribution in [0.15, 0.2) is 29.2 Å². The van der Waals surface area contributed by atoms with Gasteiger partial charge in [0.2, 0.25) is 11.7 Å². The number of nitrogens with one attached hydrogen (secondary N) is 1. The van der Waals surface area contributed by atoms with Gasteiger partial charge in [-0.3, -0.25) is 4.79 Å². The van der Waals surface area contributed by atoms with Gasteiger partial charge >= 0.3 is 6.18 Å². The van der Waals surface area contributed by atoms with Crippen LogP contribution in [0.5, 0.6) is 0 Å². The number of carbonyl (C=O) groups is 1. The minimum absolute atomic E-state index is 0.0394. The molecule has 82 valence electrons. The summed E-state index contributed by atoms with van der Waals surface area (Å²) >= 11 is 0. The summed E-state index contributed by atoms with van der Waals surface area (Å²) in [4.78, 5) is 10.7. The van der Waals surface area contributed by atoms with Crippen LogP contribution in [0.3, 0.4) is 0 Å². The predicted octanol–water partition coefficient (Wildman–Crippen LogP) is 2.10. The van der Waals surface area contributed by atoms with Gasteiger partial charge in [-0.25, -0.2) is 0 Å². The van der Waals surface area contributed by atoms with Crippen LogP contribution < -0.4 is 5.32 Å². The SMILES string of the molecule is C=CC(=O)NCc1ccc(C(F)(F)F)o1. The molecule has 6 heteroatoms. The lowest BCUT2D eigenvalue weighted by molar-refractivity contribution is -0.153. The van der Waals surface area contributed by atoms with Crippen molar-refractivity contribution in [1.29, 1.82) is 0 Å². The van der Waals surface area contributed by atoms with E-state index in [0.717, 1.165) is 18.2 Å². The maximum Gasteiger partial charge on any atom is 0.449 e. The Labute approximate surface area is 83.6 Å². The summed E-state index contributed by atoms with van der Waals surface area (Å²) in [5.74, 6) is -1.51. The molecule has 0 aromatic carbocycles. The van der Waals surface area contributed by atoms with Crippen molar-refractivity contribution in [2.45, 2.75) is 12.7 Å². The second-order valence-electron chi connectivity index (χ2n) is 2.69. The van der Waals surface area contributed by atoms with E-state index in [2.05, 4.69) is 16.3 Å². The first kappa shape index (κ1) is 11.4. The first-order valence-electron chi connectivity index (χ1n) is 3.99. The second kappa shape index (κ2) is 4.20. The molecule has 1 heterocycles. The monoisotopic (exact) mass is 219 g/mol. The lowest BCUT2D eigenvalue weighted by atomic mass is 10.4. The van der Waals surface area contributed by atoms with Gasteiger partial charge < -0.3 is 9.73 Å². The lowest BCUT2D eigenvalue weighted by Crippen LogP contribution is -2.19. The molecule has 0 unspecified atom stereocenters. The molecular formula is C9H8F3NO2. The molecular weight excluding hydrogens is 211 g/mol. The normalized spacial score (nSPS) is 11.1. The van der Waals surface area contributed by atoms with Gasteiger partial charge in [0.15, 0.2) is 0 Å². The van der Waals surface area contributed by atoms with Crippen molar-refractivity contribution in [1.82, 2.24) is 5.32 Å².